The topological polar surface area (TPSA) is 61.5 Å². The van der Waals surface area contributed by atoms with E-state index in [1.54, 1.807) is 0 Å². The lowest BCUT2D eigenvalue weighted by Gasteiger charge is -2.11. The summed E-state index contributed by atoms with van der Waals surface area (Å²) in [5, 5.41) is 0.190. The van der Waals surface area contributed by atoms with Crippen LogP contribution in [0.25, 0.3) is 0 Å². The zero-order valence-corrected chi connectivity index (χ0v) is 12.2. The lowest BCUT2D eigenvalue weighted by atomic mass is 10.0. The fourth-order valence-corrected chi connectivity index (χ4v) is 2.09. The third-order valence-corrected chi connectivity index (χ3v) is 3.29. The van der Waals surface area contributed by atoms with Crippen LogP contribution in [0.1, 0.15) is 15.9 Å². The molecule has 0 aromatic heterocycles. The number of ether oxygens (including phenoxy) is 2. The monoisotopic (exact) mass is 309 g/mol. The number of carbonyl (C=O) groups excluding carboxylic acids is 1. The second kappa shape index (κ2) is 6.01. The van der Waals surface area contributed by atoms with Crippen LogP contribution in [0.2, 0.25) is 5.02 Å². The number of ketones is 1. The van der Waals surface area contributed by atoms with Crippen LogP contribution >= 0.6 is 11.6 Å². The highest BCUT2D eigenvalue weighted by atomic mass is 35.5. The van der Waals surface area contributed by atoms with Crippen LogP contribution in [0.3, 0.4) is 0 Å². The van der Waals surface area contributed by atoms with Gasteiger partial charge in [-0.1, -0.05) is 11.6 Å². The van der Waals surface area contributed by atoms with Crippen LogP contribution in [0, 0.1) is 5.82 Å². The molecular formula is C15H13ClFNO3. The number of halogens is 2. The van der Waals surface area contributed by atoms with Gasteiger partial charge in [-0.25, -0.2) is 4.39 Å². The first-order chi connectivity index (χ1) is 9.97. The molecule has 0 saturated heterocycles. The minimum atomic E-state index is -0.655. The van der Waals surface area contributed by atoms with Crippen LogP contribution in [-0.4, -0.2) is 20.0 Å². The van der Waals surface area contributed by atoms with Crippen molar-refractivity contribution in [1.82, 2.24) is 0 Å². The summed E-state index contributed by atoms with van der Waals surface area (Å²) in [6.45, 7) is 0. The van der Waals surface area contributed by atoms with Gasteiger partial charge in [-0.15, -0.1) is 0 Å². The van der Waals surface area contributed by atoms with Crippen molar-refractivity contribution >= 4 is 23.1 Å². The minimum Gasteiger partial charge on any atom is -0.493 e. The fourth-order valence-electron chi connectivity index (χ4n) is 1.85. The summed E-state index contributed by atoms with van der Waals surface area (Å²) in [5.41, 5.74) is 5.71. The van der Waals surface area contributed by atoms with Crippen LogP contribution in [0.15, 0.2) is 30.3 Å². The molecule has 2 aromatic rings. The Morgan fingerprint density at radius 3 is 2.33 bits per heavy atom. The highest BCUT2D eigenvalue weighted by Crippen LogP contribution is 2.34. The molecule has 0 radical (unpaired) electrons. The molecule has 2 N–H and O–H groups in total. The van der Waals surface area contributed by atoms with E-state index in [0.29, 0.717) is 11.5 Å². The molecule has 2 rings (SSSR count). The maximum atomic E-state index is 13.5. The summed E-state index contributed by atoms with van der Waals surface area (Å²) in [6.07, 6.45) is 0. The second-order valence-corrected chi connectivity index (χ2v) is 4.66. The fraction of sp³-hybridized carbons (Fsp3) is 0.133. The van der Waals surface area contributed by atoms with Gasteiger partial charge in [0.25, 0.3) is 0 Å². The van der Waals surface area contributed by atoms with Crippen molar-refractivity contribution in [3.8, 4) is 11.5 Å². The molecule has 0 aliphatic rings. The predicted molar refractivity (Wildman–Crippen MR) is 78.8 cm³/mol. The molecule has 0 aliphatic carbocycles. The summed E-state index contributed by atoms with van der Waals surface area (Å²) in [7, 11) is 2.91. The molecule has 6 heteroatoms. The Hall–Kier alpha value is -2.27. The van der Waals surface area contributed by atoms with E-state index in [-0.39, 0.29) is 21.8 Å². The number of nitrogen functional groups attached to an aromatic ring is 1. The van der Waals surface area contributed by atoms with Gasteiger partial charge in [-0.05, 0) is 24.3 Å². The van der Waals surface area contributed by atoms with Crippen LogP contribution in [-0.2, 0) is 0 Å². The first-order valence-electron chi connectivity index (χ1n) is 5.99. The molecule has 2 aromatic carbocycles. The van der Waals surface area contributed by atoms with Crippen LogP contribution in [0.5, 0.6) is 11.5 Å². The summed E-state index contributed by atoms with van der Waals surface area (Å²) in [5.74, 6) is -0.319. The van der Waals surface area contributed by atoms with E-state index in [2.05, 4.69) is 0 Å². The van der Waals surface area contributed by atoms with Crippen molar-refractivity contribution in [1.29, 1.82) is 0 Å². The molecule has 0 amide bonds. The number of carbonyl (C=O) groups is 1. The van der Waals surface area contributed by atoms with E-state index >= 15 is 0 Å². The third-order valence-electron chi connectivity index (χ3n) is 2.98. The Labute approximate surface area is 126 Å². The smallest absolute Gasteiger partial charge is 0.194 e. The molecule has 21 heavy (non-hydrogen) atoms. The molecule has 0 bridgehead atoms. The normalized spacial score (nSPS) is 10.3. The Kier molecular flexibility index (Phi) is 4.33. The molecule has 110 valence electrons. The van der Waals surface area contributed by atoms with Gasteiger partial charge in [-0.3, -0.25) is 4.79 Å². The molecule has 4 nitrogen and oxygen atoms in total. The Morgan fingerprint density at radius 2 is 1.76 bits per heavy atom. The average Bonchev–Trinajstić information content (AvgIpc) is 2.49. The molecule has 0 heterocycles. The predicted octanol–water partition coefficient (Wildman–Crippen LogP) is 3.31. The Bertz CT molecular complexity index is 704. The van der Waals surface area contributed by atoms with E-state index in [1.807, 2.05) is 0 Å². The molecule has 0 saturated carbocycles. The van der Waals surface area contributed by atoms with Gasteiger partial charge in [0.1, 0.15) is 5.82 Å². The highest BCUT2D eigenvalue weighted by molar-refractivity contribution is 6.35. The number of methoxy groups -OCH3 is 2. The number of benzene rings is 2. The standard InChI is InChI=1S/C15H13ClFNO3/c1-20-13-6-9(10(16)7-14(13)21-2)15(19)8-3-4-12(18)11(17)5-8/h3-7H,18H2,1-2H3. The van der Waals surface area contributed by atoms with E-state index in [1.165, 1.54) is 38.5 Å². The highest BCUT2D eigenvalue weighted by Gasteiger charge is 2.18. The van der Waals surface area contributed by atoms with Crippen molar-refractivity contribution < 1.29 is 18.7 Å². The van der Waals surface area contributed by atoms with Gasteiger partial charge >= 0.3 is 0 Å². The molecule has 0 spiro atoms. The third kappa shape index (κ3) is 2.92. The van der Waals surface area contributed by atoms with Crippen molar-refractivity contribution in [2.45, 2.75) is 0 Å². The lowest BCUT2D eigenvalue weighted by molar-refractivity contribution is 0.103. The summed E-state index contributed by atoms with van der Waals surface area (Å²) in [6, 6.07) is 6.77. The molecule has 0 atom stereocenters. The SMILES string of the molecule is COc1cc(Cl)c(C(=O)c2ccc(N)c(F)c2)cc1OC. The van der Waals surface area contributed by atoms with Gasteiger partial charge in [0.05, 0.1) is 24.9 Å². The first-order valence-corrected chi connectivity index (χ1v) is 6.37. The van der Waals surface area contributed by atoms with Crippen molar-refractivity contribution in [3.63, 3.8) is 0 Å². The Balaban J connectivity index is 2.50. The average molecular weight is 310 g/mol. The van der Waals surface area contributed by atoms with Crippen LogP contribution < -0.4 is 15.2 Å². The molecule has 0 aliphatic heterocycles. The van der Waals surface area contributed by atoms with Crippen LogP contribution in [0.4, 0.5) is 10.1 Å². The number of anilines is 1. The van der Waals surface area contributed by atoms with E-state index in [4.69, 9.17) is 26.8 Å². The number of hydrogen-bond acceptors (Lipinski definition) is 4. The zero-order valence-electron chi connectivity index (χ0n) is 11.4. The van der Waals surface area contributed by atoms with E-state index < -0.39 is 11.6 Å². The maximum Gasteiger partial charge on any atom is 0.194 e. The van der Waals surface area contributed by atoms with Crippen molar-refractivity contribution in [2.75, 3.05) is 20.0 Å². The number of hydrogen-bond donors (Lipinski definition) is 1. The van der Waals surface area contributed by atoms with Gasteiger partial charge < -0.3 is 15.2 Å². The van der Waals surface area contributed by atoms with Gasteiger partial charge in [0, 0.05) is 17.2 Å². The maximum absolute atomic E-state index is 13.5. The quantitative estimate of drug-likeness (QED) is 0.695. The largest absolute Gasteiger partial charge is 0.493 e. The minimum absolute atomic E-state index is 0.0232. The van der Waals surface area contributed by atoms with Crippen molar-refractivity contribution in [2.24, 2.45) is 0 Å². The number of nitrogens with two attached hydrogens (primary N) is 1. The zero-order chi connectivity index (χ0) is 15.6. The molecular weight excluding hydrogens is 297 g/mol. The van der Waals surface area contributed by atoms with Gasteiger partial charge in [0.15, 0.2) is 17.3 Å². The molecule has 0 unspecified atom stereocenters. The summed E-state index contributed by atoms with van der Waals surface area (Å²) >= 11 is 6.08. The lowest BCUT2D eigenvalue weighted by Crippen LogP contribution is -2.05. The number of rotatable bonds is 4. The molecule has 0 fully saturated rings. The second-order valence-electron chi connectivity index (χ2n) is 4.25. The summed E-state index contributed by atoms with van der Waals surface area (Å²) < 4.78 is 23.7. The van der Waals surface area contributed by atoms with Gasteiger partial charge in [-0.2, -0.15) is 0 Å². The van der Waals surface area contributed by atoms with Gasteiger partial charge in [0.2, 0.25) is 0 Å². The Morgan fingerprint density at radius 1 is 1.14 bits per heavy atom. The first kappa shape index (κ1) is 15.1. The van der Waals surface area contributed by atoms with E-state index in [9.17, 15) is 9.18 Å². The van der Waals surface area contributed by atoms with E-state index in [0.717, 1.165) is 6.07 Å². The van der Waals surface area contributed by atoms with Crippen molar-refractivity contribution in [3.05, 3.63) is 52.3 Å². The summed E-state index contributed by atoms with van der Waals surface area (Å²) in [4.78, 5) is 12.4.